The van der Waals surface area contributed by atoms with Crippen molar-refractivity contribution in [2.45, 2.75) is 6.18 Å². The molecular weight excluding hydrogens is 449 g/mol. The lowest BCUT2D eigenvalue weighted by Crippen LogP contribution is -2.26. The molecule has 1 aromatic heterocycles. The first-order valence-corrected chi connectivity index (χ1v) is 9.89. The lowest BCUT2D eigenvalue weighted by molar-refractivity contribution is -0.137. The Morgan fingerprint density at radius 2 is 1.74 bits per heavy atom. The Morgan fingerprint density at radius 1 is 1.00 bits per heavy atom. The molecule has 34 heavy (non-hydrogen) atoms. The number of allylic oxidation sites excluding steroid dienone is 3. The number of aromatic nitrogens is 1. The molecule has 2 aliphatic heterocycles. The Hall–Kier alpha value is -4.69. The molecule has 0 fully saturated rings. The molecule has 0 aliphatic carbocycles. The highest BCUT2D eigenvalue weighted by Gasteiger charge is 2.30. The van der Waals surface area contributed by atoms with E-state index in [4.69, 9.17) is 9.47 Å². The molecule has 0 atom stereocenters. The first kappa shape index (κ1) is 22.5. The second kappa shape index (κ2) is 9.85. The van der Waals surface area contributed by atoms with Gasteiger partial charge in [0.1, 0.15) is 11.5 Å². The molecule has 2 aromatic rings. The zero-order valence-corrected chi connectivity index (χ0v) is 17.4. The molecule has 3 heterocycles. The second-order valence-corrected chi connectivity index (χ2v) is 6.82. The summed E-state index contributed by atoms with van der Waals surface area (Å²) in [6.07, 6.45) is 11.1. The van der Waals surface area contributed by atoms with Crippen LogP contribution in [0.2, 0.25) is 0 Å². The third kappa shape index (κ3) is 5.96. The number of nitrogens with zero attached hydrogens (tertiary/aromatic N) is 3. The van der Waals surface area contributed by atoms with Gasteiger partial charge in [0.2, 0.25) is 5.88 Å². The molecule has 7 nitrogen and oxygen atoms in total. The number of hydrogen-bond donors (Lipinski definition) is 1. The number of nitrogens with one attached hydrogen (secondary N) is 1. The van der Waals surface area contributed by atoms with E-state index >= 15 is 0 Å². The van der Waals surface area contributed by atoms with Gasteiger partial charge in [0.15, 0.2) is 0 Å². The summed E-state index contributed by atoms with van der Waals surface area (Å²) in [5, 5.41) is 3.03. The minimum Gasteiger partial charge on any atom is -0.439 e. The zero-order chi connectivity index (χ0) is 24.0. The van der Waals surface area contributed by atoms with Crippen molar-refractivity contribution >= 4 is 6.09 Å². The monoisotopic (exact) mass is 466 g/mol. The Bertz CT molecular complexity index is 1210. The average molecular weight is 466 g/mol. The Morgan fingerprint density at radius 3 is 2.35 bits per heavy atom. The third-order valence-corrected chi connectivity index (χ3v) is 4.40. The van der Waals surface area contributed by atoms with Crippen LogP contribution in [0.25, 0.3) is 0 Å². The van der Waals surface area contributed by atoms with Crippen LogP contribution in [0.5, 0.6) is 17.4 Å². The van der Waals surface area contributed by atoms with Crippen LogP contribution in [0, 0.1) is 0 Å². The van der Waals surface area contributed by atoms with Crippen molar-refractivity contribution in [2.75, 3.05) is 0 Å². The molecule has 172 valence electrons. The number of hydrogen-bond acceptors (Lipinski definition) is 6. The van der Waals surface area contributed by atoms with E-state index in [2.05, 4.69) is 16.0 Å². The number of alkyl halides is 3. The van der Waals surface area contributed by atoms with Crippen molar-refractivity contribution in [3.63, 3.8) is 0 Å². The van der Waals surface area contributed by atoms with Crippen LogP contribution < -0.4 is 14.8 Å². The van der Waals surface area contributed by atoms with Crippen molar-refractivity contribution in [2.24, 2.45) is 0 Å². The van der Waals surface area contributed by atoms with Gasteiger partial charge >= 0.3 is 12.3 Å². The average Bonchev–Trinajstić information content (AvgIpc) is 2.85. The maximum absolute atomic E-state index is 12.6. The number of halogens is 3. The van der Waals surface area contributed by atoms with Gasteiger partial charge in [-0.2, -0.15) is 13.2 Å². The molecule has 2 aliphatic rings. The molecule has 0 radical (unpaired) electrons. The van der Waals surface area contributed by atoms with Crippen LogP contribution in [0.3, 0.4) is 0 Å². The highest BCUT2D eigenvalue weighted by Crippen LogP contribution is 2.30. The first-order chi connectivity index (χ1) is 16.4. The number of carbonyl (C=O) groups excluding carboxylic acids is 1. The quantitative estimate of drug-likeness (QED) is 0.590. The van der Waals surface area contributed by atoms with E-state index in [0.717, 1.165) is 17.8 Å². The lowest BCUT2D eigenvalue weighted by atomic mass is 10.3. The molecule has 0 bridgehead atoms. The van der Waals surface area contributed by atoms with Gasteiger partial charge in [-0.15, -0.1) is 0 Å². The standard InChI is InChI=1S/C24H17F3N4O3/c25-24(26,27)18-4-9-22(29-17-18)33-20-5-7-21(8-6-20)34-23(32)31-15-13-30(14-16-31)12-10-19-3-1-2-11-28-19/h1-9,11-17,28H. The van der Waals surface area contributed by atoms with Gasteiger partial charge in [0.25, 0.3) is 0 Å². The molecule has 4 rings (SSSR count). The summed E-state index contributed by atoms with van der Waals surface area (Å²) in [6, 6.07) is 8.01. The van der Waals surface area contributed by atoms with Gasteiger partial charge in [-0.05, 0) is 42.5 Å². The predicted molar refractivity (Wildman–Crippen MR) is 117 cm³/mol. The van der Waals surface area contributed by atoms with E-state index < -0.39 is 17.8 Å². The molecular formula is C24H17F3N4O3. The lowest BCUT2D eigenvalue weighted by Gasteiger charge is -2.20. The van der Waals surface area contributed by atoms with E-state index in [0.29, 0.717) is 11.9 Å². The third-order valence-electron chi connectivity index (χ3n) is 4.40. The summed E-state index contributed by atoms with van der Waals surface area (Å²) < 4.78 is 48.6. The molecule has 0 saturated carbocycles. The van der Waals surface area contributed by atoms with E-state index in [-0.39, 0.29) is 11.6 Å². The molecule has 1 aromatic carbocycles. The zero-order valence-electron chi connectivity index (χ0n) is 17.4. The fourth-order valence-electron chi connectivity index (χ4n) is 2.69. The molecule has 0 spiro atoms. The van der Waals surface area contributed by atoms with Crippen molar-refractivity contribution in [1.29, 1.82) is 0 Å². The van der Waals surface area contributed by atoms with Crippen LogP contribution in [-0.4, -0.2) is 20.9 Å². The van der Waals surface area contributed by atoms with Crippen LogP contribution in [0.4, 0.5) is 18.0 Å². The normalized spacial score (nSPS) is 14.5. The smallest absolute Gasteiger partial charge is 0.423 e. The fraction of sp³-hybridized carbons (Fsp3) is 0.0417. The summed E-state index contributed by atoms with van der Waals surface area (Å²) in [5.41, 5.74) is 3.00. The topological polar surface area (TPSA) is 66.9 Å². The second-order valence-electron chi connectivity index (χ2n) is 6.82. The summed E-state index contributed by atoms with van der Waals surface area (Å²) in [6.45, 7) is 0. The predicted octanol–water partition coefficient (Wildman–Crippen LogP) is 5.62. The van der Waals surface area contributed by atoms with E-state index in [1.165, 1.54) is 41.6 Å². The van der Waals surface area contributed by atoms with E-state index in [1.54, 1.807) is 29.7 Å². The molecule has 0 saturated heterocycles. The SMILES string of the molecule is O=C(Oc1ccc(Oc2ccc(C(F)(F)F)cn2)cc1)N1C=CN(C=C=C2C=CC=CN2)C=C1. The first-order valence-electron chi connectivity index (χ1n) is 9.89. The van der Waals surface area contributed by atoms with Gasteiger partial charge in [0, 0.05) is 43.3 Å². The number of amides is 1. The number of dihydropyridines is 1. The van der Waals surface area contributed by atoms with Gasteiger partial charge in [-0.1, -0.05) is 11.8 Å². The van der Waals surface area contributed by atoms with Crippen molar-refractivity contribution in [3.8, 4) is 17.4 Å². The van der Waals surface area contributed by atoms with Crippen molar-refractivity contribution in [1.82, 2.24) is 20.1 Å². The molecule has 1 amide bonds. The van der Waals surface area contributed by atoms with Gasteiger partial charge in [-0.3, -0.25) is 4.90 Å². The minimum atomic E-state index is -4.47. The minimum absolute atomic E-state index is 0.00217. The fourth-order valence-corrected chi connectivity index (χ4v) is 2.69. The number of ether oxygens (including phenoxy) is 2. The largest absolute Gasteiger partial charge is 0.439 e. The van der Waals surface area contributed by atoms with Crippen LogP contribution in [0.15, 0.2) is 109 Å². The molecule has 1 N–H and O–H groups in total. The summed E-state index contributed by atoms with van der Waals surface area (Å²) in [5.74, 6) is 0.580. The van der Waals surface area contributed by atoms with Gasteiger partial charge in [-0.25, -0.2) is 9.78 Å². The molecule has 10 heteroatoms. The van der Waals surface area contributed by atoms with Gasteiger partial charge in [0.05, 0.1) is 17.5 Å². The van der Waals surface area contributed by atoms with Crippen molar-refractivity contribution in [3.05, 3.63) is 115 Å². The van der Waals surface area contributed by atoms with E-state index in [1.807, 2.05) is 18.2 Å². The Labute approximate surface area is 192 Å². The summed E-state index contributed by atoms with van der Waals surface area (Å²) >= 11 is 0. The van der Waals surface area contributed by atoms with Crippen molar-refractivity contribution < 1.29 is 27.4 Å². The van der Waals surface area contributed by atoms with E-state index in [9.17, 15) is 18.0 Å². The number of benzene rings is 1. The highest BCUT2D eigenvalue weighted by atomic mass is 19.4. The Balaban J connectivity index is 1.30. The maximum Gasteiger partial charge on any atom is 0.423 e. The number of pyridine rings is 1. The number of carbonyl (C=O) groups is 1. The van der Waals surface area contributed by atoms with Crippen LogP contribution in [0.1, 0.15) is 5.56 Å². The molecule has 0 unspecified atom stereocenters. The summed E-state index contributed by atoms with van der Waals surface area (Å²) in [7, 11) is 0. The van der Waals surface area contributed by atoms with Crippen LogP contribution in [-0.2, 0) is 6.18 Å². The van der Waals surface area contributed by atoms with Crippen LogP contribution >= 0.6 is 0 Å². The number of rotatable bonds is 4. The van der Waals surface area contributed by atoms with Gasteiger partial charge < -0.3 is 19.7 Å². The summed E-state index contributed by atoms with van der Waals surface area (Å²) in [4.78, 5) is 19.0. The maximum atomic E-state index is 12.6. The Kier molecular flexibility index (Phi) is 6.52. The highest BCUT2D eigenvalue weighted by molar-refractivity contribution is 5.73.